The number of nitrogens with zero attached hydrogens (tertiary/aromatic N) is 3. The van der Waals surface area contributed by atoms with E-state index >= 15 is 0 Å². The molecule has 4 rings (SSSR count). The molecule has 0 unspecified atom stereocenters. The van der Waals surface area contributed by atoms with E-state index in [-0.39, 0.29) is 5.91 Å². The van der Waals surface area contributed by atoms with Gasteiger partial charge in [-0.25, -0.2) is 0 Å². The van der Waals surface area contributed by atoms with Crippen LogP contribution in [0.4, 0.5) is 0 Å². The monoisotopic (exact) mass is 255 g/mol. The largest absolute Gasteiger partial charge is 0.360 e. The third kappa shape index (κ3) is 1.82. The number of carbonyl (C=O) groups excluding carboxylic acids is 1. The van der Waals surface area contributed by atoms with Crippen LogP contribution >= 0.6 is 0 Å². The summed E-state index contributed by atoms with van der Waals surface area (Å²) in [5.41, 5.74) is 2.50. The molecule has 1 amide bonds. The summed E-state index contributed by atoms with van der Waals surface area (Å²) in [5.74, 6) is 1.25. The van der Waals surface area contributed by atoms with Gasteiger partial charge in [0.2, 0.25) is 0 Å². The molecule has 19 heavy (non-hydrogen) atoms. The van der Waals surface area contributed by atoms with E-state index < -0.39 is 0 Å². The maximum Gasteiger partial charge on any atom is 0.276 e. The van der Waals surface area contributed by atoms with Gasteiger partial charge in [-0.3, -0.25) is 9.78 Å². The lowest BCUT2D eigenvalue weighted by Crippen LogP contribution is -2.25. The van der Waals surface area contributed by atoms with Crippen LogP contribution in [0.1, 0.15) is 46.3 Å². The van der Waals surface area contributed by atoms with Gasteiger partial charge in [-0.15, -0.1) is 0 Å². The van der Waals surface area contributed by atoms with Crippen molar-refractivity contribution < 1.29 is 9.32 Å². The van der Waals surface area contributed by atoms with Crippen LogP contribution in [0.15, 0.2) is 28.9 Å². The minimum atomic E-state index is -0.0753. The Kier molecular flexibility index (Phi) is 2.21. The fraction of sp³-hybridized carbons (Fsp3) is 0.357. The third-order valence-corrected chi connectivity index (χ3v) is 3.70. The molecule has 0 atom stereocenters. The fourth-order valence-corrected chi connectivity index (χ4v) is 2.46. The van der Waals surface area contributed by atoms with Crippen molar-refractivity contribution in [2.24, 2.45) is 0 Å². The van der Waals surface area contributed by atoms with Crippen molar-refractivity contribution in [2.75, 3.05) is 0 Å². The molecule has 2 aromatic heterocycles. The maximum atomic E-state index is 12.3. The molecule has 0 spiro atoms. The van der Waals surface area contributed by atoms with Gasteiger partial charge in [0.25, 0.3) is 5.91 Å². The van der Waals surface area contributed by atoms with E-state index in [1.807, 2.05) is 12.1 Å². The van der Waals surface area contributed by atoms with Crippen LogP contribution in [0.2, 0.25) is 0 Å². The summed E-state index contributed by atoms with van der Waals surface area (Å²) in [7, 11) is 0. The van der Waals surface area contributed by atoms with Crippen molar-refractivity contribution in [3.63, 3.8) is 0 Å². The SMILES string of the molecule is O=C(c1cc(C2CC2)on1)N1Cc2cccnc2C1. The second kappa shape index (κ2) is 3.91. The van der Waals surface area contributed by atoms with E-state index in [0.29, 0.717) is 24.7 Å². The number of hydrogen-bond acceptors (Lipinski definition) is 4. The first-order valence-electron chi connectivity index (χ1n) is 6.50. The van der Waals surface area contributed by atoms with Gasteiger partial charge < -0.3 is 9.42 Å². The van der Waals surface area contributed by atoms with Crippen molar-refractivity contribution in [1.82, 2.24) is 15.0 Å². The first kappa shape index (κ1) is 10.7. The van der Waals surface area contributed by atoms with Crippen molar-refractivity contribution in [1.29, 1.82) is 0 Å². The second-order valence-electron chi connectivity index (χ2n) is 5.16. The number of carbonyl (C=O) groups is 1. The highest BCUT2D eigenvalue weighted by molar-refractivity contribution is 5.92. The molecule has 0 bridgehead atoms. The van der Waals surface area contributed by atoms with Crippen molar-refractivity contribution in [2.45, 2.75) is 31.8 Å². The van der Waals surface area contributed by atoms with E-state index in [4.69, 9.17) is 4.52 Å². The number of fused-ring (bicyclic) bond motifs is 1. The molecule has 1 aliphatic carbocycles. The molecule has 2 aromatic rings. The Morgan fingerprint density at radius 3 is 3.05 bits per heavy atom. The third-order valence-electron chi connectivity index (χ3n) is 3.70. The summed E-state index contributed by atoms with van der Waals surface area (Å²) in [6.45, 7) is 1.16. The van der Waals surface area contributed by atoms with Crippen molar-refractivity contribution in [3.8, 4) is 0 Å². The molecule has 1 saturated carbocycles. The van der Waals surface area contributed by atoms with Gasteiger partial charge in [0.15, 0.2) is 5.69 Å². The predicted octanol–water partition coefficient (Wildman–Crippen LogP) is 2.10. The lowest BCUT2D eigenvalue weighted by Gasteiger charge is -2.12. The zero-order valence-corrected chi connectivity index (χ0v) is 10.4. The first-order valence-corrected chi connectivity index (χ1v) is 6.50. The summed E-state index contributed by atoms with van der Waals surface area (Å²) in [6, 6.07) is 5.69. The van der Waals surface area contributed by atoms with Gasteiger partial charge in [0.05, 0.1) is 12.2 Å². The van der Waals surface area contributed by atoms with Crippen LogP contribution < -0.4 is 0 Å². The van der Waals surface area contributed by atoms with Gasteiger partial charge in [0.1, 0.15) is 5.76 Å². The summed E-state index contributed by atoms with van der Waals surface area (Å²) < 4.78 is 5.23. The Bertz CT molecular complexity index is 621. The van der Waals surface area contributed by atoms with E-state index in [1.165, 1.54) is 0 Å². The fourth-order valence-electron chi connectivity index (χ4n) is 2.46. The number of hydrogen-bond donors (Lipinski definition) is 0. The summed E-state index contributed by atoms with van der Waals surface area (Å²) >= 11 is 0. The van der Waals surface area contributed by atoms with Crippen molar-refractivity contribution in [3.05, 3.63) is 47.1 Å². The lowest BCUT2D eigenvalue weighted by atomic mass is 10.2. The van der Waals surface area contributed by atoms with Crippen LogP contribution in [-0.4, -0.2) is 20.9 Å². The lowest BCUT2D eigenvalue weighted by molar-refractivity contribution is 0.0740. The Balaban J connectivity index is 1.55. The Hall–Kier alpha value is -2.17. The topological polar surface area (TPSA) is 59.2 Å². The Morgan fingerprint density at radius 2 is 2.26 bits per heavy atom. The highest BCUT2D eigenvalue weighted by atomic mass is 16.5. The van der Waals surface area contributed by atoms with Gasteiger partial charge in [-0.05, 0) is 24.5 Å². The Morgan fingerprint density at radius 1 is 1.37 bits per heavy atom. The molecular formula is C14H13N3O2. The minimum Gasteiger partial charge on any atom is -0.360 e. The normalized spacial score (nSPS) is 17.6. The average molecular weight is 255 g/mol. The van der Waals surface area contributed by atoms with E-state index in [9.17, 15) is 4.79 Å². The molecule has 1 aliphatic heterocycles. The van der Waals surface area contributed by atoms with Gasteiger partial charge >= 0.3 is 0 Å². The summed E-state index contributed by atoms with van der Waals surface area (Å²) in [6.07, 6.45) is 4.04. The molecule has 0 aromatic carbocycles. The van der Waals surface area contributed by atoms with Gasteiger partial charge in [-0.2, -0.15) is 0 Å². The van der Waals surface area contributed by atoms with E-state index in [2.05, 4.69) is 10.1 Å². The highest BCUT2D eigenvalue weighted by Gasteiger charge is 2.31. The van der Waals surface area contributed by atoms with Crippen LogP contribution in [0.3, 0.4) is 0 Å². The van der Waals surface area contributed by atoms with Crippen LogP contribution in [0.25, 0.3) is 0 Å². The van der Waals surface area contributed by atoms with Gasteiger partial charge in [-0.1, -0.05) is 11.2 Å². The van der Waals surface area contributed by atoms with Gasteiger partial charge in [0, 0.05) is 24.7 Å². The molecule has 3 heterocycles. The molecule has 96 valence electrons. The summed E-state index contributed by atoms with van der Waals surface area (Å²) in [5, 5.41) is 3.90. The quantitative estimate of drug-likeness (QED) is 0.824. The molecule has 2 aliphatic rings. The van der Waals surface area contributed by atoms with Crippen LogP contribution in [0, 0.1) is 0 Å². The Labute approximate surface area is 110 Å². The zero-order chi connectivity index (χ0) is 12.8. The summed E-state index contributed by atoms with van der Waals surface area (Å²) in [4.78, 5) is 18.4. The molecule has 1 fully saturated rings. The number of amides is 1. The zero-order valence-electron chi connectivity index (χ0n) is 10.4. The number of aromatic nitrogens is 2. The smallest absolute Gasteiger partial charge is 0.276 e. The molecule has 0 N–H and O–H groups in total. The van der Waals surface area contributed by atoms with Crippen LogP contribution in [0.5, 0.6) is 0 Å². The molecule has 5 heteroatoms. The average Bonchev–Trinajstić information content (AvgIpc) is 3.03. The maximum absolute atomic E-state index is 12.3. The van der Waals surface area contributed by atoms with E-state index in [0.717, 1.165) is 29.9 Å². The standard InChI is InChI=1S/C14H13N3O2/c18-14(11-6-13(19-16-11)9-3-4-9)17-7-10-2-1-5-15-12(10)8-17/h1-2,5-6,9H,3-4,7-8H2. The number of rotatable bonds is 2. The second-order valence-corrected chi connectivity index (χ2v) is 5.16. The molecule has 5 nitrogen and oxygen atoms in total. The highest BCUT2D eigenvalue weighted by Crippen LogP contribution is 2.40. The molecule has 0 radical (unpaired) electrons. The molecule has 0 saturated heterocycles. The first-order chi connectivity index (χ1) is 9.31. The predicted molar refractivity (Wildman–Crippen MR) is 66.3 cm³/mol. The molecular weight excluding hydrogens is 242 g/mol. The van der Waals surface area contributed by atoms with E-state index in [1.54, 1.807) is 17.2 Å². The number of pyridine rings is 1. The minimum absolute atomic E-state index is 0.0753. The van der Waals surface area contributed by atoms with Crippen LogP contribution in [-0.2, 0) is 13.1 Å². The van der Waals surface area contributed by atoms with Crippen molar-refractivity contribution >= 4 is 5.91 Å².